The maximum absolute atomic E-state index is 12.3. The van der Waals surface area contributed by atoms with Gasteiger partial charge in [-0.15, -0.1) is 11.3 Å². The number of fused-ring (bicyclic) bond motifs is 1. The van der Waals surface area contributed by atoms with Gasteiger partial charge in [-0.05, 0) is 75.5 Å². The number of hydrogen-bond acceptors (Lipinski definition) is 4. The minimum Gasteiger partial charge on any atom is -0.444 e. The van der Waals surface area contributed by atoms with E-state index < -0.39 is 5.60 Å². The number of piperidine rings is 1. The first kappa shape index (κ1) is 21.4. The number of nitrogens with zero attached hydrogens (tertiary/aromatic N) is 2. The van der Waals surface area contributed by atoms with Crippen LogP contribution in [-0.2, 0) is 16.6 Å². The zero-order valence-corrected chi connectivity index (χ0v) is 19.8. The Bertz CT molecular complexity index is 917. The number of likely N-dealkylation sites (tertiary alicyclic amines) is 1. The van der Waals surface area contributed by atoms with Crippen molar-refractivity contribution in [2.45, 2.75) is 83.7 Å². The molecule has 1 aliphatic carbocycles. The van der Waals surface area contributed by atoms with Gasteiger partial charge >= 0.3 is 6.09 Å². The van der Waals surface area contributed by atoms with Crippen molar-refractivity contribution in [1.29, 1.82) is 0 Å². The van der Waals surface area contributed by atoms with Crippen molar-refractivity contribution in [1.82, 2.24) is 9.88 Å². The molecule has 2 heterocycles. The van der Waals surface area contributed by atoms with Gasteiger partial charge in [-0.3, -0.25) is 0 Å². The molecular formula is C25H34N2O2S. The van der Waals surface area contributed by atoms with E-state index in [2.05, 4.69) is 37.4 Å². The number of rotatable bonds is 2. The van der Waals surface area contributed by atoms with Crippen molar-refractivity contribution >= 4 is 17.4 Å². The van der Waals surface area contributed by atoms with E-state index in [9.17, 15) is 4.79 Å². The van der Waals surface area contributed by atoms with Gasteiger partial charge in [0, 0.05) is 30.0 Å². The molecule has 2 aliphatic rings. The van der Waals surface area contributed by atoms with Gasteiger partial charge in [0.2, 0.25) is 0 Å². The number of amides is 1. The van der Waals surface area contributed by atoms with Gasteiger partial charge < -0.3 is 9.64 Å². The number of aryl methyl sites for hydroxylation is 1. The molecule has 30 heavy (non-hydrogen) atoms. The standard InChI is InChI=1S/C25H34N2O2S/c1-24(2,3)29-23(28)27-13-10-18(11-14-27)22-26-21(16-30-22)19-9-8-17-7-6-12-25(4,5)20(17)15-19/h8-9,15-16,18H,6-7,10-14H2,1-5H3. The lowest BCUT2D eigenvalue weighted by atomic mass is 9.72. The van der Waals surface area contributed by atoms with Crippen LogP contribution in [0.2, 0.25) is 0 Å². The Kier molecular flexibility index (Phi) is 5.69. The molecule has 1 aromatic carbocycles. The summed E-state index contributed by atoms with van der Waals surface area (Å²) in [7, 11) is 0. The SMILES string of the molecule is CC(C)(C)OC(=O)N1CCC(c2nc(-c3ccc4c(c3)C(C)(C)CCC4)cs2)CC1. The molecule has 0 N–H and O–H groups in total. The molecule has 0 spiro atoms. The van der Waals surface area contributed by atoms with Crippen LogP contribution in [0.5, 0.6) is 0 Å². The Morgan fingerprint density at radius 1 is 1.23 bits per heavy atom. The fourth-order valence-corrected chi connectivity index (χ4v) is 5.68. The summed E-state index contributed by atoms with van der Waals surface area (Å²) in [6.45, 7) is 11.9. The Hall–Kier alpha value is -1.88. The summed E-state index contributed by atoms with van der Waals surface area (Å²) >= 11 is 1.76. The van der Waals surface area contributed by atoms with Gasteiger partial charge in [-0.1, -0.05) is 26.0 Å². The Labute approximate surface area is 184 Å². The average molecular weight is 427 g/mol. The molecule has 0 bridgehead atoms. The monoisotopic (exact) mass is 426 g/mol. The zero-order valence-electron chi connectivity index (χ0n) is 19.0. The van der Waals surface area contributed by atoms with Gasteiger partial charge in [0.15, 0.2) is 0 Å². The van der Waals surface area contributed by atoms with Crippen molar-refractivity contribution < 1.29 is 9.53 Å². The molecule has 0 unspecified atom stereocenters. The molecule has 162 valence electrons. The molecule has 1 aromatic heterocycles. The van der Waals surface area contributed by atoms with Crippen molar-refractivity contribution in [2.75, 3.05) is 13.1 Å². The molecule has 1 aliphatic heterocycles. The lowest BCUT2D eigenvalue weighted by molar-refractivity contribution is 0.0205. The Balaban J connectivity index is 1.44. The largest absolute Gasteiger partial charge is 0.444 e. The number of thiazole rings is 1. The summed E-state index contributed by atoms with van der Waals surface area (Å²) in [6, 6.07) is 6.92. The topological polar surface area (TPSA) is 42.4 Å². The molecule has 0 atom stereocenters. The van der Waals surface area contributed by atoms with E-state index in [1.807, 2.05) is 25.7 Å². The number of carbonyl (C=O) groups is 1. The number of benzene rings is 1. The van der Waals surface area contributed by atoms with E-state index in [1.54, 1.807) is 11.3 Å². The van der Waals surface area contributed by atoms with Crippen LogP contribution < -0.4 is 0 Å². The Morgan fingerprint density at radius 3 is 2.67 bits per heavy atom. The van der Waals surface area contributed by atoms with Crippen molar-refractivity contribution in [2.24, 2.45) is 0 Å². The highest BCUT2D eigenvalue weighted by atomic mass is 32.1. The molecule has 5 heteroatoms. The summed E-state index contributed by atoms with van der Waals surface area (Å²) in [5.74, 6) is 0.427. The molecule has 0 radical (unpaired) electrons. The second-order valence-electron chi connectivity index (χ2n) is 10.4. The van der Waals surface area contributed by atoms with Crippen LogP contribution in [-0.4, -0.2) is 34.7 Å². The number of hydrogen-bond donors (Lipinski definition) is 0. The lowest BCUT2D eigenvalue weighted by Crippen LogP contribution is -2.41. The Morgan fingerprint density at radius 2 is 1.97 bits per heavy atom. The van der Waals surface area contributed by atoms with Crippen LogP contribution in [0.1, 0.15) is 82.4 Å². The van der Waals surface area contributed by atoms with E-state index in [1.165, 1.54) is 41.0 Å². The van der Waals surface area contributed by atoms with Gasteiger partial charge in [0.25, 0.3) is 0 Å². The van der Waals surface area contributed by atoms with Crippen LogP contribution in [0.15, 0.2) is 23.6 Å². The van der Waals surface area contributed by atoms with Gasteiger partial charge in [-0.2, -0.15) is 0 Å². The quantitative estimate of drug-likeness (QED) is 0.547. The predicted octanol–water partition coefficient (Wildman–Crippen LogP) is 6.54. The first-order valence-corrected chi connectivity index (χ1v) is 12.1. The minimum absolute atomic E-state index is 0.197. The van der Waals surface area contributed by atoms with Gasteiger partial charge in [0.1, 0.15) is 5.60 Å². The fraction of sp³-hybridized carbons (Fsp3) is 0.600. The van der Waals surface area contributed by atoms with Gasteiger partial charge in [-0.25, -0.2) is 9.78 Å². The molecule has 2 aromatic rings. The number of carbonyl (C=O) groups excluding carboxylic acids is 1. The van der Waals surface area contributed by atoms with Crippen LogP contribution >= 0.6 is 11.3 Å². The maximum Gasteiger partial charge on any atom is 0.410 e. The van der Waals surface area contributed by atoms with Crippen LogP contribution in [0.3, 0.4) is 0 Å². The molecule has 4 rings (SSSR count). The first-order valence-electron chi connectivity index (χ1n) is 11.2. The summed E-state index contributed by atoms with van der Waals surface area (Å²) in [4.78, 5) is 19.2. The van der Waals surface area contributed by atoms with E-state index in [0.29, 0.717) is 5.92 Å². The van der Waals surface area contributed by atoms with E-state index >= 15 is 0 Å². The highest BCUT2D eigenvalue weighted by molar-refractivity contribution is 7.10. The summed E-state index contributed by atoms with van der Waals surface area (Å²) < 4.78 is 5.52. The third-order valence-electron chi connectivity index (χ3n) is 6.40. The number of aromatic nitrogens is 1. The predicted molar refractivity (Wildman–Crippen MR) is 123 cm³/mol. The van der Waals surface area contributed by atoms with Crippen molar-refractivity contribution in [3.8, 4) is 11.3 Å². The molecule has 0 saturated carbocycles. The van der Waals surface area contributed by atoms with E-state index in [0.717, 1.165) is 31.6 Å². The van der Waals surface area contributed by atoms with Crippen LogP contribution in [0.4, 0.5) is 4.79 Å². The third kappa shape index (κ3) is 4.56. The maximum atomic E-state index is 12.3. The van der Waals surface area contributed by atoms with Crippen molar-refractivity contribution in [3.05, 3.63) is 39.7 Å². The summed E-state index contributed by atoms with van der Waals surface area (Å²) in [6.07, 6.45) is 5.42. The van der Waals surface area contributed by atoms with E-state index in [-0.39, 0.29) is 11.5 Å². The third-order valence-corrected chi connectivity index (χ3v) is 7.41. The average Bonchev–Trinajstić information content (AvgIpc) is 3.17. The smallest absolute Gasteiger partial charge is 0.410 e. The zero-order chi connectivity index (χ0) is 21.5. The summed E-state index contributed by atoms with van der Waals surface area (Å²) in [5, 5.41) is 3.40. The fourth-order valence-electron chi connectivity index (χ4n) is 4.68. The van der Waals surface area contributed by atoms with Crippen LogP contribution in [0, 0.1) is 0 Å². The highest BCUT2D eigenvalue weighted by Crippen LogP contribution is 2.39. The molecule has 4 nitrogen and oxygen atoms in total. The first-order chi connectivity index (χ1) is 14.1. The molecule has 1 amide bonds. The molecular weight excluding hydrogens is 392 g/mol. The second kappa shape index (κ2) is 7.99. The minimum atomic E-state index is -0.443. The van der Waals surface area contributed by atoms with Crippen LogP contribution in [0.25, 0.3) is 11.3 Å². The number of ether oxygens (including phenoxy) is 1. The summed E-state index contributed by atoms with van der Waals surface area (Å²) in [5.41, 5.74) is 5.12. The molecule has 1 fully saturated rings. The van der Waals surface area contributed by atoms with E-state index in [4.69, 9.17) is 9.72 Å². The van der Waals surface area contributed by atoms with Crippen molar-refractivity contribution in [3.63, 3.8) is 0 Å². The lowest BCUT2D eigenvalue weighted by Gasteiger charge is -2.33. The second-order valence-corrected chi connectivity index (χ2v) is 11.3. The highest BCUT2D eigenvalue weighted by Gasteiger charge is 2.30. The molecule has 1 saturated heterocycles. The van der Waals surface area contributed by atoms with Gasteiger partial charge in [0.05, 0.1) is 10.7 Å². The normalized spacial score (nSPS) is 19.4.